The first kappa shape index (κ1) is 13.1. The minimum absolute atomic E-state index is 0.0166. The van der Waals surface area contributed by atoms with Crippen LogP contribution >= 0.6 is 0 Å². The molecule has 0 saturated carbocycles. The second-order valence-electron chi connectivity index (χ2n) is 4.73. The number of esters is 1. The average molecular weight is 251 g/mol. The van der Waals surface area contributed by atoms with Crippen molar-refractivity contribution in [3.63, 3.8) is 0 Å². The fraction of sp³-hybridized carbons (Fsp3) is 0.692. The third kappa shape index (κ3) is 2.90. The van der Waals surface area contributed by atoms with Crippen LogP contribution in [0.5, 0.6) is 0 Å². The van der Waals surface area contributed by atoms with E-state index >= 15 is 0 Å². The lowest BCUT2D eigenvalue weighted by molar-refractivity contribution is -0.157. The number of hydrogen-bond donors (Lipinski definition) is 1. The number of carbonyl (C=O) groups excluding carboxylic acids is 1. The maximum atomic E-state index is 12.1. The van der Waals surface area contributed by atoms with E-state index in [-0.39, 0.29) is 18.1 Å². The minimum Gasteiger partial charge on any atom is -0.436 e. The smallest absolute Gasteiger partial charge is 0.312 e. The molecule has 2 aliphatic rings. The standard InChI is InChI=1S/C13H21N3O2/c1-3-16-10(2)7-15-9-12(16)18-13(17)11-5-4-6-14-8-11/h7,9,11-12,14H,3-6,8H2,1-2H3. The number of nitrogens with zero attached hydrogens (tertiary/aromatic N) is 2. The molecule has 2 heterocycles. The average Bonchev–Trinajstić information content (AvgIpc) is 2.40. The van der Waals surface area contributed by atoms with E-state index in [0.29, 0.717) is 0 Å². The largest absolute Gasteiger partial charge is 0.436 e. The van der Waals surface area contributed by atoms with Gasteiger partial charge in [-0.2, -0.15) is 0 Å². The Bertz CT molecular complexity index is 359. The Hall–Kier alpha value is -1.36. The lowest BCUT2D eigenvalue weighted by Gasteiger charge is -2.33. The van der Waals surface area contributed by atoms with Gasteiger partial charge in [0, 0.05) is 25.0 Å². The van der Waals surface area contributed by atoms with Crippen molar-refractivity contribution in [1.82, 2.24) is 10.2 Å². The van der Waals surface area contributed by atoms with Gasteiger partial charge < -0.3 is 15.0 Å². The Kier molecular flexibility index (Phi) is 4.36. The Morgan fingerprint density at radius 2 is 2.50 bits per heavy atom. The van der Waals surface area contributed by atoms with Gasteiger partial charge in [-0.1, -0.05) is 0 Å². The van der Waals surface area contributed by atoms with Crippen LogP contribution in [0.3, 0.4) is 0 Å². The molecule has 100 valence electrons. The molecule has 0 aromatic heterocycles. The van der Waals surface area contributed by atoms with E-state index in [1.165, 1.54) is 0 Å². The summed E-state index contributed by atoms with van der Waals surface area (Å²) in [6, 6.07) is 0. The highest BCUT2D eigenvalue weighted by Crippen LogP contribution is 2.17. The second kappa shape index (κ2) is 6.00. The first-order valence-electron chi connectivity index (χ1n) is 6.60. The van der Waals surface area contributed by atoms with Crippen LogP contribution in [0.25, 0.3) is 0 Å². The highest BCUT2D eigenvalue weighted by Gasteiger charge is 2.27. The molecule has 0 spiro atoms. The maximum Gasteiger partial charge on any atom is 0.312 e. The summed E-state index contributed by atoms with van der Waals surface area (Å²) < 4.78 is 5.56. The van der Waals surface area contributed by atoms with Gasteiger partial charge in [-0.25, -0.2) is 0 Å². The number of aliphatic imine (C=N–C) groups is 1. The summed E-state index contributed by atoms with van der Waals surface area (Å²) in [6.45, 7) is 6.54. The molecule has 2 unspecified atom stereocenters. The van der Waals surface area contributed by atoms with Crippen molar-refractivity contribution in [2.24, 2.45) is 10.9 Å². The van der Waals surface area contributed by atoms with Crippen molar-refractivity contribution in [3.8, 4) is 0 Å². The Morgan fingerprint density at radius 1 is 1.67 bits per heavy atom. The van der Waals surface area contributed by atoms with Crippen molar-refractivity contribution in [3.05, 3.63) is 11.9 Å². The van der Waals surface area contributed by atoms with Crippen LogP contribution in [0.4, 0.5) is 0 Å². The molecule has 0 bridgehead atoms. The fourth-order valence-corrected chi connectivity index (χ4v) is 2.37. The molecule has 5 heteroatoms. The number of piperidine rings is 1. The molecule has 0 amide bonds. The van der Waals surface area contributed by atoms with Crippen molar-refractivity contribution < 1.29 is 9.53 Å². The van der Waals surface area contributed by atoms with Gasteiger partial charge in [-0.15, -0.1) is 0 Å². The van der Waals surface area contributed by atoms with Gasteiger partial charge in [0.2, 0.25) is 6.23 Å². The lowest BCUT2D eigenvalue weighted by atomic mass is 10.0. The van der Waals surface area contributed by atoms with Gasteiger partial charge in [0.1, 0.15) is 0 Å². The zero-order valence-electron chi connectivity index (χ0n) is 11.1. The number of hydrogen-bond acceptors (Lipinski definition) is 5. The molecule has 0 radical (unpaired) electrons. The number of nitrogens with one attached hydrogen (secondary N) is 1. The monoisotopic (exact) mass is 251 g/mol. The summed E-state index contributed by atoms with van der Waals surface area (Å²) in [5.41, 5.74) is 1.03. The van der Waals surface area contributed by atoms with E-state index in [1.54, 1.807) is 12.4 Å². The maximum absolute atomic E-state index is 12.1. The first-order valence-corrected chi connectivity index (χ1v) is 6.60. The molecule has 2 rings (SSSR count). The third-order valence-corrected chi connectivity index (χ3v) is 3.44. The van der Waals surface area contributed by atoms with Crippen LogP contribution in [-0.4, -0.2) is 42.9 Å². The predicted molar refractivity (Wildman–Crippen MR) is 70.1 cm³/mol. The molecular formula is C13H21N3O2. The van der Waals surface area contributed by atoms with E-state index in [9.17, 15) is 4.79 Å². The molecule has 1 fully saturated rings. The van der Waals surface area contributed by atoms with Gasteiger partial charge in [0.25, 0.3) is 0 Å². The first-order chi connectivity index (χ1) is 8.72. The SMILES string of the molecule is CCN1C(C)=CN=CC1OC(=O)C1CCCNC1. The second-order valence-corrected chi connectivity index (χ2v) is 4.73. The molecule has 1 saturated heterocycles. The third-order valence-electron chi connectivity index (χ3n) is 3.44. The molecule has 0 aromatic rings. The van der Waals surface area contributed by atoms with Crippen molar-refractivity contribution in [2.75, 3.05) is 19.6 Å². The van der Waals surface area contributed by atoms with Crippen molar-refractivity contribution in [1.29, 1.82) is 0 Å². The van der Waals surface area contributed by atoms with Gasteiger partial charge in [0.15, 0.2) is 0 Å². The van der Waals surface area contributed by atoms with Gasteiger partial charge in [-0.3, -0.25) is 9.79 Å². The summed E-state index contributed by atoms with van der Waals surface area (Å²) in [7, 11) is 0. The topological polar surface area (TPSA) is 53.9 Å². The van der Waals surface area contributed by atoms with Crippen molar-refractivity contribution >= 4 is 12.2 Å². The molecule has 5 nitrogen and oxygen atoms in total. The highest BCUT2D eigenvalue weighted by atomic mass is 16.6. The Balaban J connectivity index is 1.93. The summed E-state index contributed by atoms with van der Waals surface area (Å²) in [5, 5.41) is 3.23. The summed E-state index contributed by atoms with van der Waals surface area (Å²) >= 11 is 0. The molecule has 1 N–H and O–H groups in total. The summed E-state index contributed by atoms with van der Waals surface area (Å²) in [6.07, 6.45) is 5.07. The fourth-order valence-electron chi connectivity index (χ4n) is 2.37. The quantitative estimate of drug-likeness (QED) is 0.764. The Morgan fingerprint density at radius 3 is 3.17 bits per heavy atom. The summed E-state index contributed by atoms with van der Waals surface area (Å²) in [4.78, 5) is 18.2. The van der Waals surface area contributed by atoms with Crippen molar-refractivity contribution in [2.45, 2.75) is 32.9 Å². The molecular weight excluding hydrogens is 230 g/mol. The van der Waals surface area contributed by atoms with Gasteiger partial charge >= 0.3 is 5.97 Å². The molecule has 0 aromatic carbocycles. The zero-order valence-corrected chi connectivity index (χ0v) is 11.1. The van der Waals surface area contributed by atoms with Crippen LogP contribution in [0.15, 0.2) is 16.9 Å². The van der Waals surface area contributed by atoms with E-state index < -0.39 is 0 Å². The normalized spacial score (nSPS) is 27.9. The zero-order chi connectivity index (χ0) is 13.0. The molecule has 18 heavy (non-hydrogen) atoms. The van der Waals surface area contributed by atoms with E-state index in [0.717, 1.165) is 38.2 Å². The van der Waals surface area contributed by atoms with Crippen LogP contribution < -0.4 is 5.32 Å². The number of carbonyl (C=O) groups is 1. The lowest BCUT2D eigenvalue weighted by Crippen LogP contribution is -2.43. The van der Waals surface area contributed by atoms with Crippen LogP contribution in [0, 0.1) is 5.92 Å². The van der Waals surface area contributed by atoms with Crippen LogP contribution in [0.1, 0.15) is 26.7 Å². The summed E-state index contributed by atoms with van der Waals surface area (Å²) in [5.74, 6) is -0.135. The van der Waals surface area contributed by atoms with Crippen LogP contribution in [0.2, 0.25) is 0 Å². The highest BCUT2D eigenvalue weighted by molar-refractivity contribution is 5.76. The van der Waals surface area contributed by atoms with Crippen LogP contribution in [-0.2, 0) is 9.53 Å². The number of ether oxygens (including phenoxy) is 1. The minimum atomic E-state index is -0.352. The predicted octanol–water partition coefficient (Wildman–Crippen LogP) is 1.12. The molecule has 2 aliphatic heterocycles. The molecule has 0 aliphatic carbocycles. The number of allylic oxidation sites excluding steroid dienone is 1. The molecule has 2 atom stereocenters. The van der Waals surface area contributed by atoms with Gasteiger partial charge in [0.05, 0.1) is 12.1 Å². The van der Waals surface area contributed by atoms with E-state index in [1.807, 2.05) is 18.7 Å². The Labute approximate surface area is 108 Å². The van der Waals surface area contributed by atoms with E-state index in [2.05, 4.69) is 10.3 Å². The number of rotatable bonds is 3. The van der Waals surface area contributed by atoms with E-state index in [4.69, 9.17) is 4.74 Å². The van der Waals surface area contributed by atoms with Gasteiger partial charge in [-0.05, 0) is 33.2 Å².